The Bertz CT molecular complexity index is 2010. The summed E-state index contributed by atoms with van der Waals surface area (Å²) in [6.45, 7) is 5.60. The van der Waals surface area contributed by atoms with Crippen molar-refractivity contribution >= 4 is 0 Å². The number of aliphatic hydroxyl groups is 15. The molecule has 32 atom stereocenters. The van der Waals surface area contributed by atoms with Crippen molar-refractivity contribution in [2.45, 2.75) is 225 Å². The molecule has 75 heavy (non-hydrogen) atoms. The third kappa shape index (κ3) is 9.12. The molecule has 10 aliphatic rings. The van der Waals surface area contributed by atoms with E-state index in [9.17, 15) is 76.6 Å². The summed E-state index contributed by atoms with van der Waals surface area (Å²) in [7, 11) is 0. The van der Waals surface area contributed by atoms with E-state index in [1.807, 2.05) is 6.92 Å². The molecule has 0 amide bonds. The Labute approximate surface area is 433 Å². The molecular formula is C50H80O25. The Hall–Kier alpha value is -1.26. The van der Waals surface area contributed by atoms with Crippen LogP contribution in [-0.4, -0.2) is 262 Å². The Morgan fingerprint density at radius 1 is 0.600 bits per heavy atom. The summed E-state index contributed by atoms with van der Waals surface area (Å²) >= 11 is 0. The molecule has 25 nitrogen and oxygen atoms in total. The second-order valence-corrected chi connectivity index (χ2v) is 23.8. The zero-order chi connectivity index (χ0) is 54.0. The van der Waals surface area contributed by atoms with Crippen LogP contribution in [0.5, 0.6) is 0 Å². The van der Waals surface area contributed by atoms with Crippen LogP contribution in [0.4, 0.5) is 0 Å². The third-order valence-electron chi connectivity index (χ3n) is 19.7. The van der Waals surface area contributed by atoms with Crippen molar-refractivity contribution in [3.63, 3.8) is 0 Å². The van der Waals surface area contributed by atoms with Crippen LogP contribution in [0, 0.1) is 40.4 Å². The molecule has 6 saturated heterocycles. The molecule has 0 bridgehead atoms. The molecule has 0 radical (unpaired) electrons. The first-order valence-electron chi connectivity index (χ1n) is 26.7. The predicted octanol–water partition coefficient (Wildman–Crippen LogP) is -5.29. The molecule has 6 aliphatic heterocycles. The fraction of sp³-hybridized carbons (Fsp3) is 0.960. The van der Waals surface area contributed by atoms with Crippen LogP contribution in [0.3, 0.4) is 0 Å². The van der Waals surface area contributed by atoms with Gasteiger partial charge in [-0.2, -0.15) is 0 Å². The van der Waals surface area contributed by atoms with Crippen molar-refractivity contribution in [1.82, 2.24) is 0 Å². The lowest BCUT2D eigenvalue weighted by molar-refractivity contribution is -0.404. The fourth-order valence-electron chi connectivity index (χ4n) is 15.3. The number of hydrogen-bond donors (Lipinski definition) is 15. The highest BCUT2D eigenvalue weighted by molar-refractivity contribution is 5.31. The van der Waals surface area contributed by atoms with Crippen molar-refractivity contribution in [1.29, 1.82) is 0 Å². The molecular weight excluding hydrogens is 1000 g/mol. The van der Waals surface area contributed by atoms with Crippen LogP contribution >= 0.6 is 0 Å². The topological polar surface area (TPSA) is 396 Å². The van der Waals surface area contributed by atoms with Gasteiger partial charge in [-0.05, 0) is 67.6 Å². The lowest BCUT2D eigenvalue weighted by Gasteiger charge is -2.60. The average molecular weight is 1080 g/mol. The lowest BCUT2D eigenvalue weighted by atomic mass is 9.46. The normalized spacial score (nSPS) is 57.9. The minimum Gasteiger partial charge on any atom is -0.394 e. The molecule has 3 saturated carbocycles. The van der Waals surface area contributed by atoms with Gasteiger partial charge in [0.1, 0.15) is 103 Å². The first-order chi connectivity index (χ1) is 35.5. The first-order valence-corrected chi connectivity index (χ1v) is 26.7. The molecule has 4 aliphatic carbocycles. The van der Waals surface area contributed by atoms with E-state index in [4.69, 9.17) is 47.4 Å². The number of allylic oxidation sites excluding steroid dienone is 1. The van der Waals surface area contributed by atoms with Crippen molar-refractivity contribution in [2.24, 2.45) is 40.4 Å². The largest absolute Gasteiger partial charge is 0.394 e. The molecule has 32 unspecified atom stereocenters. The van der Waals surface area contributed by atoms with Crippen molar-refractivity contribution in [3.05, 3.63) is 11.6 Å². The summed E-state index contributed by atoms with van der Waals surface area (Å²) in [5, 5.41) is 166. The zero-order valence-corrected chi connectivity index (χ0v) is 42.5. The van der Waals surface area contributed by atoms with E-state index in [1.165, 1.54) is 0 Å². The second kappa shape index (κ2) is 21.2. The highest BCUT2D eigenvalue weighted by Gasteiger charge is 2.79. The quantitative estimate of drug-likeness (QED) is 0.0860. The molecule has 15 N–H and O–H groups in total. The number of fused-ring (bicyclic) bond motifs is 7. The highest BCUT2D eigenvalue weighted by Crippen LogP contribution is 2.72. The van der Waals surface area contributed by atoms with Gasteiger partial charge in [-0.1, -0.05) is 39.3 Å². The van der Waals surface area contributed by atoms with Crippen molar-refractivity contribution in [3.8, 4) is 0 Å². The van der Waals surface area contributed by atoms with E-state index in [2.05, 4.69) is 26.8 Å². The van der Waals surface area contributed by atoms with Gasteiger partial charge in [-0.3, -0.25) is 0 Å². The minimum atomic E-state index is -2.04. The lowest BCUT2D eigenvalue weighted by Crippen LogP contribution is -2.68. The molecule has 9 fully saturated rings. The Balaban J connectivity index is 0.848. The van der Waals surface area contributed by atoms with Crippen LogP contribution in [0.1, 0.15) is 72.6 Å². The van der Waals surface area contributed by atoms with Gasteiger partial charge in [0.05, 0.1) is 51.3 Å². The van der Waals surface area contributed by atoms with Crippen molar-refractivity contribution in [2.75, 3.05) is 33.0 Å². The fourth-order valence-corrected chi connectivity index (χ4v) is 15.3. The van der Waals surface area contributed by atoms with Gasteiger partial charge in [0.15, 0.2) is 30.9 Å². The molecule has 25 heteroatoms. The summed E-state index contributed by atoms with van der Waals surface area (Å²) in [5.74, 6) is -1.32. The number of aliphatic hydroxyl groups excluding tert-OH is 14. The van der Waals surface area contributed by atoms with Gasteiger partial charge in [0.25, 0.3) is 0 Å². The van der Waals surface area contributed by atoms with E-state index in [-0.39, 0.29) is 36.5 Å². The Morgan fingerprint density at radius 2 is 1.21 bits per heavy atom. The molecule has 6 heterocycles. The molecule has 0 aromatic heterocycles. The standard InChI is InChI=1S/C50H80O25/c1-18-7-10-49(67-16-18)19(2)50(65)42(75-49)33(59)29-21-6-5-20-11-25(23(54)12-47(20,3)22(21)8-9-48(29,50)4)68-44-38(64)35(61)39(28(15-53)71-44)72-46-41(74-45-37(63)34(60)31(57)26(13-51)69-45)40(32(58)27(14-52)70-46)73-43-36(62)30(56)24(55)17-66-43/h5,18-19,21-46,51-65H,6-17H2,1-4H3. The summed E-state index contributed by atoms with van der Waals surface area (Å²) in [5.41, 5.74) is -1.56. The third-order valence-corrected chi connectivity index (χ3v) is 19.7. The molecule has 430 valence electrons. The highest BCUT2D eigenvalue weighted by atomic mass is 16.8. The van der Waals surface area contributed by atoms with Crippen LogP contribution < -0.4 is 0 Å². The van der Waals surface area contributed by atoms with Crippen LogP contribution in [0.15, 0.2) is 11.6 Å². The molecule has 0 aromatic rings. The minimum absolute atomic E-state index is 0.0149. The van der Waals surface area contributed by atoms with Gasteiger partial charge < -0.3 is 124 Å². The molecule has 0 aromatic carbocycles. The summed E-state index contributed by atoms with van der Waals surface area (Å²) in [4.78, 5) is 0. The van der Waals surface area contributed by atoms with Gasteiger partial charge in [-0.15, -0.1) is 0 Å². The number of hydrogen-bond acceptors (Lipinski definition) is 25. The average Bonchev–Trinajstić information content (AvgIpc) is 3.71. The van der Waals surface area contributed by atoms with Crippen LogP contribution in [-0.2, 0) is 47.4 Å². The molecule has 10 rings (SSSR count). The van der Waals surface area contributed by atoms with E-state index in [0.717, 1.165) is 12.0 Å². The first kappa shape index (κ1) is 57.0. The van der Waals surface area contributed by atoms with Gasteiger partial charge in [0, 0.05) is 17.8 Å². The van der Waals surface area contributed by atoms with E-state index >= 15 is 0 Å². The summed E-state index contributed by atoms with van der Waals surface area (Å²) in [6, 6.07) is 0. The van der Waals surface area contributed by atoms with E-state index in [1.54, 1.807) is 0 Å². The van der Waals surface area contributed by atoms with Gasteiger partial charge in [0.2, 0.25) is 0 Å². The summed E-state index contributed by atoms with van der Waals surface area (Å²) < 4.78 is 60.4. The maximum absolute atomic E-state index is 12.8. The zero-order valence-electron chi connectivity index (χ0n) is 42.5. The number of ether oxygens (including phenoxy) is 10. The predicted molar refractivity (Wildman–Crippen MR) is 246 cm³/mol. The Morgan fingerprint density at radius 3 is 1.89 bits per heavy atom. The Kier molecular flexibility index (Phi) is 16.1. The summed E-state index contributed by atoms with van der Waals surface area (Å²) in [6.07, 6.45) is -32.3. The van der Waals surface area contributed by atoms with Crippen LogP contribution in [0.2, 0.25) is 0 Å². The number of rotatable bonds is 11. The van der Waals surface area contributed by atoms with E-state index in [0.29, 0.717) is 38.2 Å². The maximum Gasteiger partial charge on any atom is 0.187 e. The second-order valence-electron chi connectivity index (χ2n) is 23.8. The van der Waals surface area contributed by atoms with Crippen LogP contribution in [0.25, 0.3) is 0 Å². The van der Waals surface area contributed by atoms with Gasteiger partial charge in [-0.25, -0.2) is 0 Å². The molecule has 1 spiro atoms. The SMILES string of the molecule is CC1CCC2(OC1)OC1C(O)C3C4CC=C5CC(OC6OC(CO)C(OC7OC(CO)C(O)C(OC8OCC(O)C(O)C8O)C7OC7OC(CO)C(O)C(O)C7O)C(O)C6O)C(O)CC5(C)C4CCC3(C)C1(O)C2C. The smallest absolute Gasteiger partial charge is 0.187 e. The van der Waals surface area contributed by atoms with Gasteiger partial charge >= 0.3 is 0 Å². The van der Waals surface area contributed by atoms with E-state index < -0.39 is 190 Å². The maximum atomic E-state index is 12.8. The monoisotopic (exact) mass is 1080 g/mol. The van der Waals surface area contributed by atoms with Crippen molar-refractivity contribution < 1.29 is 124 Å².